The van der Waals surface area contributed by atoms with Crippen molar-refractivity contribution in [1.82, 2.24) is 14.5 Å². The smallest absolute Gasteiger partial charge is 0.325 e. The molecule has 0 atom stereocenters. The zero-order valence-electron chi connectivity index (χ0n) is 19.0. The maximum Gasteiger partial charge on any atom is 0.349 e. The summed E-state index contributed by atoms with van der Waals surface area (Å²) in [7, 11) is 0. The summed E-state index contributed by atoms with van der Waals surface area (Å²) < 4.78 is 1.79. The second-order valence-corrected chi connectivity index (χ2v) is 9.37. The number of rotatable bonds is 9. The average Bonchev–Trinajstić information content (AvgIpc) is 2.85. The molecular weight excluding hydrogens is 432 g/mol. The van der Waals surface area contributed by atoms with Crippen LogP contribution in [0.5, 0.6) is 0 Å². The van der Waals surface area contributed by atoms with Crippen molar-refractivity contribution in [3.05, 3.63) is 81.7 Å². The fourth-order valence-corrected chi connectivity index (χ4v) is 5.04. The fraction of sp³-hybridized carbons (Fsp3) is 0.385. The van der Waals surface area contributed by atoms with Gasteiger partial charge in [0.05, 0.1) is 12.3 Å². The van der Waals surface area contributed by atoms with E-state index in [4.69, 9.17) is 0 Å². The molecule has 2 heterocycles. The highest BCUT2D eigenvalue weighted by molar-refractivity contribution is 8.00. The van der Waals surface area contributed by atoms with Crippen LogP contribution < -0.4 is 11.0 Å². The molecule has 172 valence electrons. The van der Waals surface area contributed by atoms with Gasteiger partial charge in [-0.25, -0.2) is 4.79 Å². The standard InChI is InChI=1S/C26H30N4O2S/c1-2-3-6-19-9-11-21(12-10-19)28-24(31)18-33-25-22-7-4-5-8-23(22)30(26(32)29-25)17-20-13-15-27-16-14-20/h9-16H,2-8,17-18H2,1H3,(H,28,31). The van der Waals surface area contributed by atoms with E-state index < -0.39 is 0 Å². The van der Waals surface area contributed by atoms with Crippen LogP contribution in [0.4, 0.5) is 5.69 Å². The summed E-state index contributed by atoms with van der Waals surface area (Å²) in [4.78, 5) is 33.9. The van der Waals surface area contributed by atoms with Gasteiger partial charge < -0.3 is 5.32 Å². The number of carbonyl (C=O) groups is 1. The molecule has 6 nitrogen and oxygen atoms in total. The molecule has 1 aliphatic rings. The molecule has 3 aromatic rings. The molecule has 0 fully saturated rings. The van der Waals surface area contributed by atoms with Gasteiger partial charge in [0.25, 0.3) is 0 Å². The van der Waals surface area contributed by atoms with Crippen molar-refractivity contribution in [2.75, 3.05) is 11.1 Å². The van der Waals surface area contributed by atoms with Crippen LogP contribution in [-0.2, 0) is 30.6 Å². The Morgan fingerprint density at radius 2 is 1.82 bits per heavy atom. The van der Waals surface area contributed by atoms with E-state index in [1.807, 2.05) is 24.3 Å². The highest BCUT2D eigenvalue weighted by atomic mass is 32.2. The molecule has 1 aliphatic carbocycles. The minimum Gasteiger partial charge on any atom is -0.325 e. The minimum absolute atomic E-state index is 0.0892. The first-order chi connectivity index (χ1) is 16.1. The molecule has 2 aromatic heterocycles. The quantitative estimate of drug-likeness (QED) is 0.370. The number of pyridine rings is 1. The van der Waals surface area contributed by atoms with E-state index in [0.717, 1.165) is 54.6 Å². The van der Waals surface area contributed by atoms with E-state index >= 15 is 0 Å². The number of carbonyl (C=O) groups excluding carboxylic acids is 1. The fourth-order valence-electron chi connectivity index (χ4n) is 4.17. The molecule has 0 spiro atoms. The Balaban J connectivity index is 1.44. The molecule has 0 saturated heterocycles. The molecule has 33 heavy (non-hydrogen) atoms. The monoisotopic (exact) mass is 462 g/mol. The number of nitrogens with zero attached hydrogens (tertiary/aromatic N) is 3. The number of amides is 1. The third kappa shape index (κ3) is 6.11. The maximum atomic E-state index is 12.9. The Kier molecular flexibility index (Phi) is 7.94. The second-order valence-electron chi connectivity index (χ2n) is 8.41. The topological polar surface area (TPSA) is 76.9 Å². The van der Waals surface area contributed by atoms with E-state index in [2.05, 4.69) is 34.3 Å². The molecular formula is C26H30N4O2S. The predicted octanol–water partition coefficient (Wildman–Crippen LogP) is 4.64. The summed E-state index contributed by atoms with van der Waals surface area (Å²) in [6.45, 7) is 2.68. The van der Waals surface area contributed by atoms with Gasteiger partial charge in [0.15, 0.2) is 0 Å². The molecule has 0 unspecified atom stereocenters. The summed E-state index contributed by atoms with van der Waals surface area (Å²) in [5.74, 6) is 0.138. The number of aryl methyl sites for hydroxylation is 1. The number of anilines is 1. The lowest BCUT2D eigenvalue weighted by Gasteiger charge is -2.22. The lowest BCUT2D eigenvalue weighted by atomic mass is 9.97. The van der Waals surface area contributed by atoms with Gasteiger partial charge in [0, 0.05) is 29.3 Å². The largest absolute Gasteiger partial charge is 0.349 e. The van der Waals surface area contributed by atoms with E-state index in [1.54, 1.807) is 17.0 Å². The van der Waals surface area contributed by atoms with Crippen LogP contribution in [0, 0.1) is 0 Å². The molecule has 1 amide bonds. The normalized spacial score (nSPS) is 12.9. The van der Waals surface area contributed by atoms with Crippen molar-refractivity contribution in [2.45, 2.75) is 63.4 Å². The van der Waals surface area contributed by atoms with E-state index in [1.165, 1.54) is 30.2 Å². The first kappa shape index (κ1) is 23.2. The molecule has 4 rings (SSSR count). The number of hydrogen-bond acceptors (Lipinski definition) is 5. The first-order valence-corrected chi connectivity index (χ1v) is 12.7. The number of benzene rings is 1. The highest BCUT2D eigenvalue weighted by Crippen LogP contribution is 2.29. The molecule has 7 heteroatoms. The summed E-state index contributed by atoms with van der Waals surface area (Å²) >= 11 is 1.36. The molecule has 1 aromatic carbocycles. The van der Waals surface area contributed by atoms with Crippen LogP contribution in [0.3, 0.4) is 0 Å². The summed E-state index contributed by atoms with van der Waals surface area (Å²) in [6, 6.07) is 11.9. The molecule has 0 aliphatic heterocycles. The Hall–Kier alpha value is -2.93. The van der Waals surface area contributed by atoms with Gasteiger partial charge in [-0.2, -0.15) is 4.98 Å². The Bertz CT molecular complexity index is 1140. The Labute approximate surface area is 198 Å². The van der Waals surface area contributed by atoms with Gasteiger partial charge in [-0.1, -0.05) is 37.2 Å². The van der Waals surface area contributed by atoms with Gasteiger partial charge >= 0.3 is 5.69 Å². The van der Waals surface area contributed by atoms with Crippen molar-refractivity contribution in [1.29, 1.82) is 0 Å². The predicted molar refractivity (Wildman–Crippen MR) is 133 cm³/mol. The van der Waals surface area contributed by atoms with Gasteiger partial charge in [-0.05, 0) is 73.9 Å². The molecule has 0 radical (unpaired) electrons. The highest BCUT2D eigenvalue weighted by Gasteiger charge is 2.21. The van der Waals surface area contributed by atoms with Crippen molar-refractivity contribution in [3.63, 3.8) is 0 Å². The Morgan fingerprint density at radius 3 is 2.58 bits per heavy atom. The van der Waals surface area contributed by atoms with E-state index in [9.17, 15) is 9.59 Å². The molecule has 1 N–H and O–H groups in total. The van der Waals surface area contributed by atoms with Crippen molar-refractivity contribution < 1.29 is 4.79 Å². The third-order valence-electron chi connectivity index (χ3n) is 5.94. The zero-order chi connectivity index (χ0) is 23.0. The third-order valence-corrected chi connectivity index (χ3v) is 6.96. The van der Waals surface area contributed by atoms with Crippen molar-refractivity contribution >= 4 is 23.4 Å². The number of unbranched alkanes of at least 4 members (excludes halogenated alkanes) is 1. The van der Waals surface area contributed by atoms with E-state index in [0.29, 0.717) is 11.6 Å². The van der Waals surface area contributed by atoms with Crippen molar-refractivity contribution in [3.8, 4) is 0 Å². The van der Waals surface area contributed by atoms with Crippen LogP contribution >= 0.6 is 11.8 Å². The van der Waals surface area contributed by atoms with Crippen LogP contribution in [0.2, 0.25) is 0 Å². The average molecular weight is 463 g/mol. The summed E-state index contributed by atoms with van der Waals surface area (Å²) in [5, 5.41) is 3.66. The maximum absolute atomic E-state index is 12.9. The minimum atomic E-state index is -0.252. The summed E-state index contributed by atoms with van der Waals surface area (Å²) in [6.07, 6.45) is 10.8. The number of hydrogen-bond donors (Lipinski definition) is 1. The zero-order valence-corrected chi connectivity index (χ0v) is 19.9. The number of thioether (sulfide) groups is 1. The first-order valence-electron chi connectivity index (χ1n) is 11.7. The van der Waals surface area contributed by atoms with Crippen LogP contribution in [0.25, 0.3) is 0 Å². The number of nitrogens with one attached hydrogen (secondary N) is 1. The van der Waals surface area contributed by atoms with Crippen LogP contribution in [-0.4, -0.2) is 26.2 Å². The molecule has 0 saturated carbocycles. The lowest BCUT2D eigenvalue weighted by Crippen LogP contribution is -2.30. The second kappa shape index (κ2) is 11.3. The van der Waals surface area contributed by atoms with Gasteiger partial charge in [0.2, 0.25) is 5.91 Å². The number of fused-ring (bicyclic) bond motifs is 1. The summed E-state index contributed by atoms with van der Waals surface area (Å²) in [5.41, 5.74) is 5.04. The van der Waals surface area contributed by atoms with Gasteiger partial charge in [-0.3, -0.25) is 14.3 Å². The number of aromatic nitrogens is 3. The van der Waals surface area contributed by atoms with Gasteiger partial charge in [0.1, 0.15) is 5.03 Å². The SMILES string of the molecule is CCCCc1ccc(NC(=O)CSc2nc(=O)n(Cc3ccncc3)c3c2CCCC3)cc1. The van der Waals surface area contributed by atoms with Crippen LogP contribution in [0.15, 0.2) is 58.6 Å². The molecule has 0 bridgehead atoms. The van der Waals surface area contributed by atoms with Crippen LogP contribution in [0.1, 0.15) is 55.0 Å². The lowest BCUT2D eigenvalue weighted by molar-refractivity contribution is -0.113. The van der Waals surface area contributed by atoms with E-state index in [-0.39, 0.29) is 17.3 Å². The van der Waals surface area contributed by atoms with Crippen molar-refractivity contribution in [2.24, 2.45) is 0 Å². The Morgan fingerprint density at radius 1 is 1.06 bits per heavy atom. The van der Waals surface area contributed by atoms with Gasteiger partial charge in [-0.15, -0.1) is 0 Å².